The molecule has 0 radical (unpaired) electrons. The molecule has 83 heavy (non-hydrogen) atoms. The van der Waals surface area contributed by atoms with E-state index in [2.05, 4.69) is 179 Å². The lowest BCUT2D eigenvalue weighted by atomic mass is 10.1. The summed E-state index contributed by atoms with van der Waals surface area (Å²) in [6.45, 7) is 6.37. The normalized spacial score (nSPS) is 13.1. The first-order valence-electron chi connectivity index (χ1n) is 34.0. The highest BCUT2D eigenvalue weighted by atomic mass is 16.6. The Kier molecular flexibility index (Phi) is 65.4. The van der Waals surface area contributed by atoms with Crippen molar-refractivity contribution in [2.24, 2.45) is 0 Å². The van der Waals surface area contributed by atoms with E-state index in [1.54, 1.807) is 0 Å². The van der Waals surface area contributed by atoms with Crippen LogP contribution < -0.4 is 0 Å². The topological polar surface area (TPSA) is 78.9 Å². The third kappa shape index (κ3) is 67.7. The van der Waals surface area contributed by atoms with Gasteiger partial charge in [0.2, 0.25) is 0 Å². The van der Waals surface area contributed by atoms with Crippen molar-refractivity contribution in [1.82, 2.24) is 0 Å². The minimum atomic E-state index is -0.812. The fourth-order valence-corrected chi connectivity index (χ4v) is 8.97. The summed E-state index contributed by atoms with van der Waals surface area (Å²) in [4.78, 5) is 38.4. The smallest absolute Gasteiger partial charge is 0.306 e. The number of unbranched alkanes of at least 4 members (excludes halogenated alkanes) is 23. The molecule has 6 heteroatoms. The molecule has 0 aromatic rings. The molecule has 0 amide bonds. The number of ether oxygens (including phenoxy) is 3. The van der Waals surface area contributed by atoms with Crippen LogP contribution in [0.1, 0.15) is 290 Å². The lowest BCUT2D eigenvalue weighted by Crippen LogP contribution is -2.30. The summed E-state index contributed by atoms with van der Waals surface area (Å²) >= 11 is 0. The van der Waals surface area contributed by atoms with Gasteiger partial charge in [-0.1, -0.05) is 281 Å². The molecule has 0 aliphatic carbocycles. The van der Waals surface area contributed by atoms with Crippen LogP contribution in [0.25, 0.3) is 0 Å². The van der Waals surface area contributed by atoms with Gasteiger partial charge in [-0.2, -0.15) is 0 Å². The van der Waals surface area contributed by atoms with Crippen LogP contribution in [-0.4, -0.2) is 37.2 Å². The highest BCUT2D eigenvalue weighted by Crippen LogP contribution is 2.15. The van der Waals surface area contributed by atoms with Crippen molar-refractivity contribution in [3.05, 3.63) is 158 Å². The number of rotatable bonds is 60. The molecular formula is C77H124O6. The lowest BCUT2D eigenvalue weighted by molar-refractivity contribution is -0.167. The number of esters is 3. The van der Waals surface area contributed by atoms with Crippen molar-refractivity contribution in [2.45, 2.75) is 297 Å². The van der Waals surface area contributed by atoms with E-state index < -0.39 is 6.10 Å². The molecule has 0 saturated carbocycles. The van der Waals surface area contributed by atoms with E-state index >= 15 is 0 Å². The van der Waals surface area contributed by atoms with E-state index in [1.165, 1.54) is 109 Å². The average Bonchev–Trinajstić information content (AvgIpc) is 3.49. The van der Waals surface area contributed by atoms with Gasteiger partial charge >= 0.3 is 17.9 Å². The van der Waals surface area contributed by atoms with Crippen molar-refractivity contribution in [2.75, 3.05) is 13.2 Å². The van der Waals surface area contributed by atoms with Gasteiger partial charge in [0.25, 0.3) is 0 Å². The molecule has 0 heterocycles. The molecule has 1 unspecified atom stereocenters. The highest BCUT2D eigenvalue weighted by Gasteiger charge is 2.19. The highest BCUT2D eigenvalue weighted by molar-refractivity contribution is 5.71. The molecule has 0 aliphatic rings. The third-order valence-electron chi connectivity index (χ3n) is 14.0. The molecule has 0 bridgehead atoms. The van der Waals surface area contributed by atoms with Gasteiger partial charge in [-0.15, -0.1) is 0 Å². The first-order chi connectivity index (χ1) is 41.0. The van der Waals surface area contributed by atoms with E-state index in [4.69, 9.17) is 14.2 Å². The summed E-state index contributed by atoms with van der Waals surface area (Å²) in [5.41, 5.74) is 0. The summed E-state index contributed by atoms with van der Waals surface area (Å²) in [5, 5.41) is 0. The number of allylic oxidation sites excluding steroid dienone is 26. The molecule has 1 atom stereocenters. The summed E-state index contributed by atoms with van der Waals surface area (Å²) in [7, 11) is 0. The van der Waals surface area contributed by atoms with Crippen molar-refractivity contribution >= 4 is 17.9 Å². The second-order valence-electron chi connectivity index (χ2n) is 22.0. The van der Waals surface area contributed by atoms with E-state index in [9.17, 15) is 14.4 Å². The van der Waals surface area contributed by atoms with Crippen LogP contribution in [0.5, 0.6) is 0 Å². The molecule has 468 valence electrons. The summed E-state index contributed by atoms with van der Waals surface area (Å²) in [5.74, 6) is -0.959. The van der Waals surface area contributed by atoms with Crippen LogP contribution in [0.2, 0.25) is 0 Å². The molecule has 0 N–H and O–H groups in total. The zero-order valence-corrected chi connectivity index (χ0v) is 53.7. The van der Waals surface area contributed by atoms with Crippen molar-refractivity contribution < 1.29 is 28.6 Å². The Balaban J connectivity index is 4.50. The van der Waals surface area contributed by atoms with Gasteiger partial charge in [-0.05, 0) is 148 Å². The van der Waals surface area contributed by atoms with Gasteiger partial charge in [-0.3, -0.25) is 14.4 Å². The van der Waals surface area contributed by atoms with Crippen LogP contribution in [0, 0.1) is 0 Å². The second-order valence-corrected chi connectivity index (χ2v) is 22.0. The molecular weight excluding hydrogens is 1020 g/mol. The Morgan fingerprint density at radius 1 is 0.253 bits per heavy atom. The van der Waals surface area contributed by atoms with E-state index in [1.807, 2.05) is 0 Å². The fourth-order valence-electron chi connectivity index (χ4n) is 8.97. The minimum absolute atomic E-state index is 0.103. The number of carbonyl (C=O) groups is 3. The summed E-state index contributed by atoms with van der Waals surface area (Å²) in [6.07, 6.45) is 101. The van der Waals surface area contributed by atoms with Gasteiger partial charge in [0, 0.05) is 19.3 Å². The molecule has 0 spiro atoms. The summed E-state index contributed by atoms with van der Waals surface area (Å²) in [6, 6.07) is 0. The monoisotopic (exact) mass is 1140 g/mol. The van der Waals surface area contributed by atoms with Crippen molar-refractivity contribution in [3.8, 4) is 0 Å². The first kappa shape index (κ1) is 78.0. The van der Waals surface area contributed by atoms with Crippen LogP contribution >= 0.6 is 0 Å². The van der Waals surface area contributed by atoms with E-state index in [0.29, 0.717) is 25.7 Å². The molecule has 0 saturated heterocycles. The lowest BCUT2D eigenvalue weighted by Gasteiger charge is -2.18. The van der Waals surface area contributed by atoms with E-state index in [0.717, 1.165) is 135 Å². The number of hydrogen-bond donors (Lipinski definition) is 0. The molecule has 6 nitrogen and oxygen atoms in total. The largest absolute Gasteiger partial charge is 0.462 e. The Bertz CT molecular complexity index is 1840. The maximum Gasteiger partial charge on any atom is 0.306 e. The van der Waals surface area contributed by atoms with Gasteiger partial charge in [-0.25, -0.2) is 0 Å². The predicted molar refractivity (Wildman–Crippen MR) is 362 cm³/mol. The molecule has 0 aromatic carbocycles. The van der Waals surface area contributed by atoms with Gasteiger partial charge in [0.05, 0.1) is 0 Å². The zero-order chi connectivity index (χ0) is 59.9. The van der Waals surface area contributed by atoms with Gasteiger partial charge < -0.3 is 14.2 Å². The maximum atomic E-state index is 13.0. The van der Waals surface area contributed by atoms with Crippen molar-refractivity contribution in [1.29, 1.82) is 0 Å². The van der Waals surface area contributed by atoms with Crippen LogP contribution in [0.3, 0.4) is 0 Å². The van der Waals surface area contributed by atoms with Crippen molar-refractivity contribution in [3.63, 3.8) is 0 Å². The standard InChI is InChI=1S/C77H124O6/c1-4-7-10-13-16-19-22-25-28-31-33-35-36-37-38-39-40-42-43-46-49-52-55-58-61-64-67-70-76(79)82-73-74(72-81-75(78)69-66-63-60-57-54-51-48-45-30-27-24-21-18-15-12-9-6-3)83-77(80)71-68-65-62-59-56-53-50-47-44-41-34-32-29-26-23-20-17-14-11-8-5-2/h7-8,10-11,16-17,19-20,25-30,33-35,37-38,40-42,46,49,55,58,74H,4-6,9,12-15,18,21-24,31-32,36,39,43-45,47-48,50-54,56-57,59-73H2,1-3H3/b10-7-,11-8-,19-16-,20-17-,28-25-,29-26-,30-27-,35-33-,38-37-,41-34-,42-40-,49-46-,58-55-. The molecule has 0 aliphatic heterocycles. The van der Waals surface area contributed by atoms with Gasteiger partial charge in [0.1, 0.15) is 13.2 Å². The van der Waals surface area contributed by atoms with Crippen LogP contribution in [-0.2, 0) is 28.6 Å². The third-order valence-corrected chi connectivity index (χ3v) is 14.0. The maximum absolute atomic E-state index is 13.0. The molecule has 0 aromatic heterocycles. The van der Waals surface area contributed by atoms with Crippen LogP contribution in [0.4, 0.5) is 0 Å². The first-order valence-corrected chi connectivity index (χ1v) is 34.0. The fraction of sp³-hybridized carbons (Fsp3) is 0.623. The summed E-state index contributed by atoms with van der Waals surface area (Å²) < 4.78 is 16.9. The SMILES string of the molecule is CC/C=C\C/C=C\C/C=C\C/C=C\C/C=C\C/C=C\C/C=C\C/C=C\CCCCC(=O)OCC(COC(=O)CCCCCCCCC/C=C\CCCCCCCC)OC(=O)CCCCCCCCCC/C=C\C/C=C\C/C=C\C/C=C\CC. The zero-order valence-electron chi connectivity index (χ0n) is 53.7. The Morgan fingerprint density at radius 2 is 0.470 bits per heavy atom. The second kappa shape index (κ2) is 69.5. The number of hydrogen-bond acceptors (Lipinski definition) is 6. The molecule has 0 rings (SSSR count). The van der Waals surface area contributed by atoms with E-state index in [-0.39, 0.29) is 31.1 Å². The quantitative estimate of drug-likeness (QED) is 0.0261. The van der Waals surface area contributed by atoms with Crippen LogP contribution in [0.15, 0.2) is 158 Å². The van der Waals surface area contributed by atoms with Gasteiger partial charge in [0.15, 0.2) is 6.10 Å². The molecule has 0 fully saturated rings. The Morgan fingerprint density at radius 3 is 0.771 bits per heavy atom. The Hall–Kier alpha value is -4.97. The predicted octanol–water partition coefficient (Wildman–Crippen LogP) is 23.7. The number of carbonyl (C=O) groups excluding carboxylic acids is 3. The minimum Gasteiger partial charge on any atom is -0.462 e. The average molecular weight is 1150 g/mol. The Labute approximate surface area is 511 Å².